The van der Waals surface area contributed by atoms with Crippen molar-refractivity contribution in [1.29, 1.82) is 0 Å². The van der Waals surface area contributed by atoms with Crippen LogP contribution in [0.1, 0.15) is 18.1 Å². The van der Waals surface area contributed by atoms with Crippen LogP contribution in [0.5, 0.6) is 0 Å². The Bertz CT molecular complexity index is 1070. The van der Waals surface area contributed by atoms with E-state index in [4.69, 9.17) is 0 Å². The molecule has 0 aliphatic carbocycles. The lowest BCUT2D eigenvalue weighted by molar-refractivity contribution is -0.143. The molecule has 3 aliphatic heterocycles. The SMILES string of the molecule is CC(O)C1NC2(C(=O)Nc3ccccc32)[C@H]2C(=O)N(Cc3ccc(F)cc3)C(=O)[C@@H]12. The van der Waals surface area contributed by atoms with Crippen LogP contribution in [-0.2, 0) is 26.5 Å². The van der Waals surface area contributed by atoms with Crippen LogP contribution in [-0.4, -0.2) is 39.9 Å². The van der Waals surface area contributed by atoms with Crippen molar-refractivity contribution in [2.75, 3.05) is 5.32 Å². The number of aliphatic hydroxyl groups excluding tert-OH is 1. The minimum atomic E-state index is -1.42. The maximum absolute atomic E-state index is 13.5. The van der Waals surface area contributed by atoms with E-state index in [1.54, 1.807) is 24.3 Å². The van der Waals surface area contributed by atoms with E-state index in [0.29, 0.717) is 16.8 Å². The molecule has 1 spiro atoms. The number of benzene rings is 2. The van der Waals surface area contributed by atoms with Gasteiger partial charge in [-0.1, -0.05) is 30.3 Å². The number of para-hydroxylation sites is 1. The van der Waals surface area contributed by atoms with Crippen LogP contribution in [0.4, 0.5) is 10.1 Å². The third kappa shape index (κ3) is 2.41. The lowest BCUT2D eigenvalue weighted by Crippen LogP contribution is -2.54. The molecular weight excluding hydrogens is 389 g/mol. The Morgan fingerprint density at radius 2 is 1.80 bits per heavy atom. The first-order valence-corrected chi connectivity index (χ1v) is 9.81. The van der Waals surface area contributed by atoms with E-state index >= 15 is 0 Å². The number of fused-ring (bicyclic) bond motifs is 4. The molecule has 3 N–H and O–H groups in total. The zero-order valence-electron chi connectivity index (χ0n) is 16.1. The van der Waals surface area contributed by atoms with Crippen LogP contribution in [0.25, 0.3) is 0 Å². The highest BCUT2D eigenvalue weighted by Gasteiger charge is 2.70. The second-order valence-electron chi connectivity index (χ2n) is 8.11. The van der Waals surface area contributed by atoms with Crippen molar-refractivity contribution in [1.82, 2.24) is 10.2 Å². The van der Waals surface area contributed by atoms with Crippen LogP contribution < -0.4 is 10.6 Å². The Morgan fingerprint density at radius 3 is 2.50 bits per heavy atom. The second-order valence-corrected chi connectivity index (χ2v) is 8.11. The standard InChI is InChI=1S/C22H20FN3O4/c1-11(27)18-16-17(22(25-18)14-4-2-3-5-15(14)24-21(22)30)20(29)26(19(16)28)10-12-6-8-13(23)9-7-12/h2-9,11,16-18,25,27H,10H2,1H3,(H,24,30)/t11?,16-,17-,18?,22?/m1/s1. The molecule has 2 aromatic rings. The van der Waals surface area contributed by atoms with Gasteiger partial charge in [-0.2, -0.15) is 0 Å². The molecule has 0 aromatic heterocycles. The highest BCUT2D eigenvalue weighted by Crippen LogP contribution is 2.53. The highest BCUT2D eigenvalue weighted by atomic mass is 19.1. The average molecular weight is 409 g/mol. The molecule has 0 saturated carbocycles. The van der Waals surface area contributed by atoms with Gasteiger partial charge in [0.1, 0.15) is 11.4 Å². The van der Waals surface area contributed by atoms with Gasteiger partial charge in [-0.15, -0.1) is 0 Å². The van der Waals surface area contributed by atoms with E-state index in [1.807, 2.05) is 0 Å². The number of nitrogens with one attached hydrogen (secondary N) is 2. The van der Waals surface area contributed by atoms with Gasteiger partial charge in [-0.3, -0.25) is 24.6 Å². The number of amides is 3. The molecule has 30 heavy (non-hydrogen) atoms. The van der Waals surface area contributed by atoms with Crippen LogP contribution >= 0.6 is 0 Å². The van der Waals surface area contributed by atoms with E-state index in [2.05, 4.69) is 10.6 Å². The van der Waals surface area contributed by atoms with Crippen LogP contribution in [0, 0.1) is 17.7 Å². The summed E-state index contributed by atoms with van der Waals surface area (Å²) in [6.07, 6.45) is -0.958. The minimum Gasteiger partial charge on any atom is -0.392 e. The van der Waals surface area contributed by atoms with Crippen molar-refractivity contribution in [2.45, 2.75) is 31.2 Å². The molecule has 3 heterocycles. The molecule has 2 saturated heterocycles. The third-order valence-electron chi connectivity index (χ3n) is 6.42. The molecule has 0 bridgehead atoms. The zero-order chi connectivity index (χ0) is 21.2. The van der Waals surface area contributed by atoms with Gasteiger partial charge in [-0.05, 0) is 30.7 Å². The summed E-state index contributed by atoms with van der Waals surface area (Å²) in [6, 6.07) is 11.8. The van der Waals surface area contributed by atoms with Gasteiger partial charge < -0.3 is 10.4 Å². The van der Waals surface area contributed by atoms with Crippen molar-refractivity contribution in [3.8, 4) is 0 Å². The normalized spacial score (nSPS) is 30.6. The summed E-state index contributed by atoms with van der Waals surface area (Å²) >= 11 is 0. The van der Waals surface area contributed by atoms with Gasteiger partial charge in [-0.25, -0.2) is 4.39 Å². The van der Waals surface area contributed by atoms with Crippen molar-refractivity contribution < 1.29 is 23.9 Å². The monoisotopic (exact) mass is 409 g/mol. The van der Waals surface area contributed by atoms with Gasteiger partial charge in [0.15, 0.2) is 0 Å². The maximum atomic E-state index is 13.5. The smallest absolute Gasteiger partial charge is 0.250 e. The first-order chi connectivity index (χ1) is 14.3. The van der Waals surface area contributed by atoms with Gasteiger partial charge in [0, 0.05) is 17.3 Å². The summed E-state index contributed by atoms with van der Waals surface area (Å²) in [4.78, 5) is 41.0. The molecule has 8 heteroatoms. The molecule has 5 rings (SSSR count). The topological polar surface area (TPSA) is 98.7 Å². The molecule has 5 atom stereocenters. The fourth-order valence-corrected chi connectivity index (χ4v) is 5.09. The predicted octanol–water partition coefficient (Wildman–Crippen LogP) is 1.13. The first-order valence-electron chi connectivity index (χ1n) is 9.81. The molecule has 7 nitrogen and oxygen atoms in total. The quantitative estimate of drug-likeness (QED) is 0.660. The van der Waals surface area contributed by atoms with Crippen molar-refractivity contribution in [3.05, 3.63) is 65.5 Å². The number of nitrogens with zero attached hydrogens (tertiary/aromatic N) is 1. The number of halogens is 1. The number of aliphatic hydroxyl groups is 1. The summed E-state index contributed by atoms with van der Waals surface area (Å²) in [5.74, 6) is -3.60. The Morgan fingerprint density at radius 1 is 1.10 bits per heavy atom. The van der Waals surface area contributed by atoms with Crippen LogP contribution in [0.2, 0.25) is 0 Å². The number of imide groups is 1. The van der Waals surface area contributed by atoms with E-state index in [0.717, 1.165) is 4.90 Å². The molecule has 3 amide bonds. The molecule has 2 aromatic carbocycles. The highest BCUT2D eigenvalue weighted by molar-refractivity contribution is 6.15. The number of hydrogen-bond acceptors (Lipinski definition) is 5. The predicted molar refractivity (Wildman–Crippen MR) is 104 cm³/mol. The van der Waals surface area contributed by atoms with Crippen LogP contribution in [0.15, 0.2) is 48.5 Å². The number of hydrogen-bond donors (Lipinski definition) is 3. The minimum absolute atomic E-state index is 0.0170. The summed E-state index contributed by atoms with van der Waals surface area (Å²) in [5, 5.41) is 16.3. The second kappa shape index (κ2) is 6.45. The van der Waals surface area contributed by atoms with Gasteiger partial charge in [0.25, 0.3) is 0 Å². The summed E-state index contributed by atoms with van der Waals surface area (Å²) < 4.78 is 13.2. The average Bonchev–Trinajstić information content (AvgIpc) is 3.31. The van der Waals surface area contributed by atoms with Gasteiger partial charge >= 0.3 is 0 Å². The summed E-state index contributed by atoms with van der Waals surface area (Å²) in [7, 11) is 0. The fourth-order valence-electron chi connectivity index (χ4n) is 5.09. The summed E-state index contributed by atoms with van der Waals surface area (Å²) in [5.41, 5.74) is 0.354. The Labute approximate surface area is 171 Å². The molecule has 3 unspecified atom stereocenters. The Balaban J connectivity index is 1.59. The third-order valence-corrected chi connectivity index (χ3v) is 6.42. The van der Waals surface area contributed by atoms with E-state index < -0.39 is 53.1 Å². The largest absolute Gasteiger partial charge is 0.392 e. The lowest BCUT2D eigenvalue weighted by Gasteiger charge is -2.30. The Hall–Kier alpha value is -3.10. The van der Waals surface area contributed by atoms with Crippen LogP contribution in [0.3, 0.4) is 0 Å². The number of carbonyl (C=O) groups is 3. The van der Waals surface area contributed by atoms with Gasteiger partial charge in [0.2, 0.25) is 17.7 Å². The molecule has 2 fully saturated rings. The summed E-state index contributed by atoms with van der Waals surface area (Å²) in [6.45, 7) is 1.52. The zero-order valence-corrected chi connectivity index (χ0v) is 16.1. The van der Waals surface area contributed by atoms with Crippen molar-refractivity contribution >= 4 is 23.4 Å². The lowest BCUT2D eigenvalue weighted by atomic mass is 9.76. The molecular formula is C22H20FN3O4. The number of likely N-dealkylation sites (tertiary alicyclic amines) is 1. The van der Waals surface area contributed by atoms with Crippen molar-refractivity contribution in [2.24, 2.45) is 11.8 Å². The number of anilines is 1. The first kappa shape index (κ1) is 18.9. The van der Waals surface area contributed by atoms with Gasteiger partial charge in [0.05, 0.1) is 24.5 Å². The Kier molecular flexibility index (Phi) is 4.06. The number of rotatable bonds is 3. The molecule has 154 valence electrons. The van der Waals surface area contributed by atoms with Crippen molar-refractivity contribution in [3.63, 3.8) is 0 Å². The maximum Gasteiger partial charge on any atom is 0.250 e. The fraction of sp³-hybridized carbons (Fsp3) is 0.318. The van der Waals surface area contributed by atoms with E-state index in [-0.39, 0.29) is 6.54 Å². The molecule has 3 aliphatic rings. The number of carbonyl (C=O) groups excluding carboxylic acids is 3. The van der Waals surface area contributed by atoms with E-state index in [1.165, 1.54) is 31.2 Å². The van der Waals surface area contributed by atoms with E-state index in [9.17, 15) is 23.9 Å². The molecule has 0 radical (unpaired) electrons.